The van der Waals surface area contributed by atoms with Gasteiger partial charge in [-0.3, -0.25) is 0 Å². The molecule has 0 aliphatic heterocycles. The molecule has 10 heteroatoms. The number of furan rings is 1. The summed E-state index contributed by atoms with van der Waals surface area (Å²) in [5.41, 5.74) is 0.510. The molecule has 2 aromatic rings. The number of hydrogen-bond acceptors (Lipinski definition) is 7. The van der Waals surface area contributed by atoms with Crippen LogP contribution < -0.4 is 0 Å². The Morgan fingerprint density at radius 3 is 2.50 bits per heavy atom. The minimum atomic E-state index is -3.71. The molecule has 24 heavy (non-hydrogen) atoms. The Bertz CT molecular complexity index is 894. The van der Waals surface area contributed by atoms with Gasteiger partial charge in [-0.25, -0.2) is 26.1 Å². The molecule has 0 aromatic carbocycles. The van der Waals surface area contributed by atoms with E-state index in [0.29, 0.717) is 5.69 Å². The van der Waals surface area contributed by atoms with E-state index in [0.717, 1.165) is 22.2 Å². The summed E-state index contributed by atoms with van der Waals surface area (Å²) in [6.45, 7) is 2.04. The average Bonchev–Trinajstić information content (AvgIpc) is 3.08. The maximum atomic E-state index is 12.3. The summed E-state index contributed by atoms with van der Waals surface area (Å²) >= 11 is 1.45. The maximum absolute atomic E-state index is 12.3. The third-order valence-electron chi connectivity index (χ3n) is 3.17. The fraction of sp³-hybridized carbons (Fsp3) is 0.500. The van der Waals surface area contributed by atoms with E-state index >= 15 is 0 Å². The number of aromatic nitrogens is 1. The van der Waals surface area contributed by atoms with Crippen LogP contribution in [0.4, 0.5) is 0 Å². The molecule has 0 amide bonds. The molecule has 0 bridgehead atoms. The highest BCUT2D eigenvalue weighted by Gasteiger charge is 2.24. The first kappa shape index (κ1) is 19.1. The molecule has 0 spiro atoms. The van der Waals surface area contributed by atoms with Gasteiger partial charge >= 0.3 is 0 Å². The van der Waals surface area contributed by atoms with Crippen molar-refractivity contribution in [3.05, 3.63) is 34.0 Å². The second-order valence-corrected chi connectivity index (χ2v) is 10.6. The van der Waals surface area contributed by atoms with Gasteiger partial charge in [0.05, 0.1) is 16.5 Å². The van der Waals surface area contributed by atoms with Gasteiger partial charge in [0, 0.05) is 19.5 Å². The van der Waals surface area contributed by atoms with Gasteiger partial charge in [-0.1, -0.05) is 6.92 Å². The van der Waals surface area contributed by atoms with Crippen LogP contribution in [-0.2, 0) is 37.8 Å². The van der Waals surface area contributed by atoms with Crippen molar-refractivity contribution in [1.82, 2.24) is 9.29 Å². The Morgan fingerprint density at radius 1 is 1.17 bits per heavy atom. The lowest BCUT2D eigenvalue weighted by molar-refractivity contribution is 0.406. The Labute approximate surface area is 146 Å². The predicted octanol–water partition coefficient (Wildman–Crippen LogP) is 2.05. The van der Waals surface area contributed by atoms with Gasteiger partial charge in [0.1, 0.15) is 11.5 Å². The molecule has 0 aliphatic rings. The fourth-order valence-corrected chi connectivity index (χ4v) is 5.10. The third-order valence-corrected chi connectivity index (χ3v) is 7.27. The van der Waals surface area contributed by atoms with Gasteiger partial charge in [-0.2, -0.15) is 0 Å². The highest BCUT2D eigenvalue weighted by molar-refractivity contribution is 7.90. The highest BCUT2D eigenvalue weighted by atomic mass is 32.2. The summed E-state index contributed by atoms with van der Waals surface area (Å²) in [6.07, 6.45) is 1.78. The van der Waals surface area contributed by atoms with E-state index in [-0.39, 0.29) is 22.4 Å². The number of aryl methyl sites for hydroxylation is 1. The van der Waals surface area contributed by atoms with Gasteiger partial charge in [0.15, 0.2) is 9.84 Å². The van der Waals surface area contributed by atoms with Crippen molar-refractivity contribution in [2.75, 3.05) is 14.1 Å². The van der Waals surface area contributed by atoms with E-state index in [1.54, 1.807) is 5.38 Å². The topological polar surface area (TPSA) is 97.5 Å². The molecule has 0 atom stereocenters. The van der Waals surface area contributed by atoms with Crippen LogP contribution in [0.5, 0.6) is 0 Å². The van der Waals surface area contributed by atoms with Gasteiger partial charge < -0.3 is 4.42 Å². The van der Waals surface area contributed by atoms with Crippen molar-refractivity contribution < 1.29 is 21.3 Å². The van der Waals surface area contributed by atoms with Gasteiger partial charge in [0.2, 0.25) is 5.09 Å². The van der Waals surface area contributed by atoms with Crippen LogP contribution in [0, 0.1) is 0 Å². The number of nitrogens with zero attached hydrogens (tertiary/aromatic N) is 2. The number of sulfonamides is 1. The first-order valence-corrected chi connectivity index (χ1v) is 11.4. The quantitative estimate of drug-likeness (QED) is 0.682. The molecular weight excluding hydrogens is 372 g/mol. The predicted molar refractivity (Wildman–Crippen MR) is 92.0 cm³/mol. The Balaban J connectivity index is 2.10. The average molecular weight is 393 g/mol. The summed E-state index contributed by atoms with van der Waals surface area (Å²) in [7, 11) is -4.45. The van der Waals surface area contributed by atoms with E-state index in [9.17, 15) is 16.8 Å². The number of thiazole rings is 1. The standard InChI is InChI=1S/C14H20N2O5S3/c1-4-5-13-15-11(8-22-13)9-23(17,18)10-12-6-7-14(21-12)24(19,20)16(2)3/h6-8H,4-5,9-10H2,1-3H3. The summed E-state index contributed by atoms with van der Waals surface area (Å²) in [5.74, 6) is -0.459. The van der Waals surface area contributed by atoms with Crippen LogP contribution in [0.25, 0.3) is 0 Å². The summed E-state index contributed by atoms with van der Waals surface area (Å²) in [4.78, 5) is 4.30. The Morgan fingerprint density at radius 2 is 1.88 bits per heavy atom. The zero-order chi connectivity index (χ0) is 18.0. The molecule has 0 N–H and O–H groups in total. The van der Waals surface area contributed by atoms with Crippen molar-refractivity contribution in [2.24, 2.45) is 0 Å². The first-order chi connectivity index (χ1) is 11.1. The van der Waals surface area contributed by atoms with Crippen LogP contribution in [0.15, 0.2) is 27.0 Å². The van der Waals surface area contributed by atoms with Crippen LogP contribution in [-0.4, -0.2) is 40.2 Å². The van der Waals surface area contributed by atoms with Crippen LogP contribution in [0.2, 0.25) is 0 Å². The molecule has 2 heterocycles. The number of hydrogen-bond donors (Lipinski definition) is 0. The third kappa shape index (κ3) is 4.65. The molecule has 0 saturated carbocycles. The molecule has 134 valence electrons. The molecule has 2 rings (SSSR count). The van der Waals surface area contributed by atoms with E-state index < -0.39 is 19.9 Å². The minimum absolute atomic E-state index is 0.0967. The van der Waals surface area contributed by atoms with Crippen LogP contribution >= 0.6 is 11.3 Å². The zero-order valence-corrected chi connectivity index (χ0v) is 16.2. The lowest BCUT2D eigenvalue weighted by Gasteiger charge is -2.07. The summed E-state index contributed by atoms with van der Waals surface area (Å²) in [5, 5.41) is 2.39. The Kier molecular flexibility index (Phi) is 5.84. The lowest BCUT2D eigenvalue weighted by atomic mass is 10.3. The lowest BCUT2D eigenvalue weighted by Crippen LogP contribution is -2.21. The summed E-state index contributed by atoms with van der Waals surface area (Å²) in [6, 6.07) is 2.64. The first-order valence-electron chi connectivity index (χ1n) is 7.29. The maximum Gasteiger partial charge on any atom is 0.275 e. The summed E-state index contributed by atoms with van der Waals surface area (Å²) < 4.78 is 54.6. The highest BCUT2D eigenvalue weighted by Crippen LogP contribution is 2.21. The molecular formula is C14H20N2O5S3. The van der Waals surface area contributed by atoms with E-state index in [1.807, 2.05) is 6.92 Å². The van der Waals surface area contributed by atoms with Crippen molar-refractivity contribution >= 4 is 31.2 Å². The fourth-order valence-electron chi connectivity index (χ4n) is 1.99. The van der Waals surface area contributed by atoms with Crippen molar-refractivity contribution in [1.29, 1.82) is 0 Å². The molecule has 7 nitrogen and oxygen atoms in total. The second kappa shape index (κ2) is 7.34. The van der Waals surface area contributed by atoms with Crippen molar-refractivity contribution in [3.63, 3.8) is 0 Å². The van der Waals surface area contributed by atoms with Gasteiger partial charge in [0.25, 0.3) is 10.0 Å². The van der Waals surface area contributed by atoms with E-state index in [1.165, 1.54) is 37.6 Å². The number of rotatable bonds is 8. The van der Waals surface area contributed by atoms with E-state index in [4.69, 9.17) is 4.42 Å². The molecule has 0 saturated heterocycles. The Hall–Kier alpha value is -1.23. The normalized spacial score (nSPS) is 12.8. The number of sulfone groups is 1. The monoisotopic (exact) mass is 392 g/mol. The van der Waals surface area contributed by atoms with Crippen LogP contribution in [0.1, 0.15) is 29.8 Å². The largest absolute Gasteiger partial charge is 0.447 e. The molecule has 0 unspecified atom stereocenters. The molecule has 0 aliphatic carbocycles. The van der Waals surface area contributed by atoms with Gasteiger partial charge in [-0.15, -0.1) is 11.3 Å². The molecule has 2 aromatic heterocycles. The molecule has 0 fully saturated rings. The van der Waals surface area contributed by atoms with Crippen LogP contribution in [0.3, 0.4) is 0 Å². The SMILES string of the molecule is CCCc1nc(CS(=O)(=O)Cc2ccc(S(=O)(=O)N(C)C)o2)cs1. The van der Waals surface area contributed by atoms with Gasteiger partial charge in [-0.05, 0) is 25.0 Å². The smallest absolute Gasteiger partial charge is 0.275 e. The van der Waals surface area contributed by atoms with Crippen molar-refractivity contribution in [3.8, 4) is 0 Å². The van der Waals surface area contributed by atoms with E-state index in [2.05, 4.69) is 4.98 Å². The van der Waals surface area contributed by atoms with Crippen molar-refractivity contribution in [2.45, 2.75) is 36.4 Å². The minimum Gasteiger partial charge on any atom is -0.447 e. The molecule has 0 radical (unpaired) electrons. The second-order valence-electron chi connectivity index (χ2n) is 5.52. The zero-order valence-electron chi connectivity index (χ0n) is 13.7.